The molecule has 1 saturated heterocycles. The lowest BCUT2D eigenvalue weighted by Crippen LogP contribution is -2.43. The third-order valence-electron chi connectivity index (χ3n) is 3.57. The fourth-order valence-corrected chi connectivity index (χ4v) is 3.79. The van der Waals surface area contributed by atoms with Crippen molar-refractivity contribution in [1.82, 2.24) is 10.0 Å². The van der Waals surface area contributed by atoms with Gasteiger partial charge in [-0.25, -0.2) is 13.1 Å². The molecule has 106 valence electrons. The molecule has 1 aromatic rings. The van der Waals surface area contributed by atoms with Gasteiger partial charge in [0.05, 0.1) is 4.90 Å². The smallest absolute Gasteiger partial charge is 0.240 e. The van der Waals surface area contributed by atoms with Crippen LogP contribution in [0.2, 0.25) is 0 Å². The van der Waals surface area contributed by atoms with Crippen molar-refractivity contribution < 1.29 is 8.42 Å². The third-order valence-corrected chi connectivity index (χ3v) is 5.13. The topological polar surface area (TPSA) is 58.2 Å². The van der Waals surface area contributed by atoms with Crippen molar-refractivity contribution in [1.29, 1.82) is 0 Å². The summed E-state index contributed by atoms with van der Waals surface area (Å²) in [5.74, 6) is 0. The van der Waals surface area contributed by atoms with Crippen LogP contribution in [0, 0.1) is 13.8 Å². The predicted molar refractivity (Wildman–Crippen MR) is 76.7 cm³/mol. The fraction of sp³-hybridized carbons (Fsp3) is 0.571. The van der Waals surface area contributed by atoms with E-state index in [1.165, 1.54) is 12.8 Å². The van der Waals surface area contributed by atoms with Gasteiger partial charge < -0.3 is 5.32 Å². The number of hydrogen-bond acceptors (Lipinski definition) is 3. The van der Waals surface area contributed by atoms with Gasteiger partial charge in [-0.05, 0) is 50.4 Å². The molecule has 0 aliphatic carbocycles. The molecule has 0 amide bonds. The average molecular weight is 282 g/mol. The summed E-state index contributed by atoms with van der Waals surface area (Å²) in [6.45, 7) is 5.18. The molecular formula is C14H22N2O2S. The first kappa shape index (κ1) is 14.5. The second-order valence-electron chi connectivity index (χ2n) is 5.27. The highest BCUT2D eigenvalue weighted by atomic mass is 32.2. The Morgan fingerprint density at radius 2 is 2.11 bits per heavy atom. The van der Waals surface area contributed by atoms with Crippen LogP contribution in [0.15, 0.2) is 23.1 Å². The summed E-state index contributed by atoms with van der Waals surface area (Å²) in [4.78, 5) is 0.392. The van der Waals surface area contributed by atoms with Gasteiger partial charge in [-0.1, -0.05) is 18.6 Å². The predicted octanol–water partition coefficient (Wildman–Crippen LogP) is 1.72. The van der Waals surface area contributed by atoms with E-state index < -0.39 is 10.0 Å². The van der Waals surface area contributed by atoms with E-state index in [-0.39, 0.29) is 6.04 Å². The van der Waals surface area contributed by atoms with E-state index in [4.69, 9.17) is 0 Å². The van der Waals surface area contributed by atoms with Gasteiger partial charge in [0.15, 0.2) is 0 Å². The normalized spacial score (nSPS) is 20.4. The van der Waals surface area contributed by atoms with Gasteiger partial charge in [-0.3, -0.25) is 0 Å². The van der Waals surface area contributed by atoms with E-state index in [1.54, 1.807) is 6.07 Å². The zero-order valence-electron chi connectivity index (χ0n) is 11.6. The average Bonchev–Trinajstić information content (AvgIpc) is 2.40. The Bertz CT molecular complexity index is 534. The largest absolute Gasteiger partial charge is 0.313 e. The van der Waals surface area contributed by atoms with Gasteiger partial charge >= 0.3 is 0 Å². The molecule has 0 spiro atoms. The van der Waals surface area contributed by atoms with Gasteiger partial charge in [0.25, 0.3) is 0 Å². The maximum Gasteiger partial charge on any atom is 0.240 e. The quantitative estimate of drug-likeness (QED) is 0.884. The number of nitrogens with one attached hydrogen (secondary N) is 2. The standard InChI is InChI=1S/C14H22N2O2S/c1-11-6-7-12(2)14(9-11)19(17,18)16-10-13-5-3-4-8-15-13/h6-7,9,13,15-16H,3-5,8,10H2,1-2H3. The minimum absolute atomic E-state index is 0.258. The summed E-state index contributed by atoms with van der Waals surface area (Å²) in [6.07, 6.45) is 3.39. The molecule has 2 N–H and O–H groups in total. The van der Waals surface area contributed by atoms with Gasteiger partial charge in [0, 0.05) is 12.6 Å². The second-order valence-corrected chi connectivity index (χ2v) is 7.00. The summed E-state index contributed by atoms with van der Waals surface area (Å²) in [5.41, 5.74) is 1.75. The summed E-state index contributed by atoms with van der Waals surface area (Å²) in [6, 6.07) is 5.76. The molecule has 0 saturated carbocycles. The Morgan fingerprint density at radius 3 is 2.79 bits per heavy atom. The Labute approximate surface area is 115 Å². The zero-order valence-corrected chi connectivity index (χ0v) is 12.4. The third kappa shape index (κ3) is 3.78. The van der Waals surface area contributed by atoms with Crippen LogP contribution in [0.3, 0.4) is 0 Å². The Morgan fingerprint density at radius 1 is 1.32 bits per heavy atom. The first-order chi connectivity index (χ1) is 8.99. The lowest BCUT2D eigenvalue weighted by Gasteiger charge is -2.23. The Hall–Kier alpha value is -0.910. The molecule has 4 nitrogen and oxygen atoms in total. The van der Waals surface area contributed by atoms with E-state index in [2.05, 4.69) is 10.0 Å². The first-order valence-corrected chi connectivity index (χ1v) is 8.28. The van der Waals surface area contributed by atoms with Crippen molar-refractivity contribution >= 4 is 10.0 Å². The number of benzene rings is 1. The number of hydrogen-bond donors (Lipinski definition) is 2. The SMILES string of the molecule is Cc1ccc(C)c(S(=O)(=O)NCC2CCCCN2)c1. The van der Waals surface area contributed by atoms with E-state index in [0.29, 0.717) is 11.4 Å². The number of rotatable bonds is 4. The highest BCUT2D eigenvalue weighted by molar-refractivity contribution is 7.89. The Balaban J connectivity index is 2.07. The summed E-state index contributed by atoms with van der Waals surface area (Å²) < 4.78 is 27.3. The van der Waals surface area contributed by atoms with Crippen LogP contribution in [0.1, 0.15) is 30.4 Å². The molecule has 2 rings (SSSR count). The molecule has 1 aliphatic rings. The van der Waals surface area contributed by atoms with E-state index in [0.717, 1.165) is 24.1 Å². The lowest BCUT2D eigenvalue weighted by atomic mass is 10.1. The van der Waals surface area contributed by atoms with Crippen LogP contribution < -0.4 is 10.0 Å². The molecular weight excluding hydrogens is 260 g/mol. The zero-order chi connectivity index (χ0) is 13.9. The van der Waals surface area contributed by atoms with Crippen molar-refractivity contribution in [2.45, 2.75) is 44.0 Å². The molecule has 5 heteroatoms. The molecule has 19 heavy (non-hydrogen) atoms. The highest BCUT2D eigenvalue weighted by Gasteiger charge is 2.19. The first-order valence-electron chi connectivity index (χ1n) is 6.79. The molecule has 1 heterocycles. The van der Waals surface area contributed by atoms with Crippen molar-refractivity contribution in [3.8, 4) is 0 Å². The van der Waals surface area contributed by atoms with E-state index in [9.17, 15) is 8.42 Å². The van der Waals surface area contributed by atoms with Crippen LogP contribution in [-0.4, -0.2) is 27.5 Å². The fourth-order valence-electron chi connectivity index (χ4n) is 2.38. The van der Waals surface area contributed by atoms with Gasteiger partial charge in [0.1, 0.15) is 0 Å². The number of piperidine rings is 1. The monoisotopic (exact) mass is 282 g/mol. The van der Waals surface area contributed by atoms with Crippen LogP contribution in [-0.2, 0) is 10.0 Å². The molecule has 1 aliphatic heterocycles. The maximum absolute atomic E-state index is 12.3. The summed E-state index contributed by atoms with van der Waals surface area (Å²) in [7, 11) is -3.40. The van der Waals surface area contributed by atoms with Crippen molar-refractivity contribution in [3.05, 3.63) is 29.3 Å². The molecule has 1 aromatic carbocycles. The van der Waals surface area contributed by atoms with Crippen molar-refractivity contribution in [2.75, 3.05) is 13.1 Å². The second kappa shape index (κ2) is 6.03. The van der Waals surface area contributed by atoms with Gasteiger partial charge in [0.2, 0.25) is 10.0 Å². The number of aryl methyl sites for hydroxylation is 2. The van der Waals surface area contributed by atoms with E-state index >= 15 is 0 Å². The summed E-state index contributed by atoms with van der Waals surface area (Å²) in [5, 5.41) is 3.34. The van der Waals surface area contributed by atoms with Crippen LogP contribution in [0.25, 0.3) is 0 Å². The van der Waals surface area contributed by atoms with Crippen molar-refractivity contribution in [2.24, 2.45) is 0 Å². The van der Waals surface area contributed by atoms with Gasteiger partial charge in [-0.2, -0.15) is 0 Å². The molecule has 1 atom stereocenters. The Kier molecular flexibility index (Phi) is 4.60. The van der Waals surface area contributed by atoms with Crippen LogP contribution in [0.5, 0.6) is 0 Å². The van der Waals surface area contributed by atoms with Gasteiger partial charge in [-0.15, -0.1) is 0 Å². The summed E-state index contributed by atoms with van der Waals surface area (Å²) >= 11 is 0. The molecule has 0 bridgehead atoms. The van der Waals surface area contributed by atoms with Crippen LogP contribution in [0.4, 0.5) is 0 Å². The minimum Gasteiger partial charge on any atom is -0.313 e. The molecule has 1 unspecified atom stereocenters. The maximum atomic E-state index is 12.3. The molecule has 0 radical (unpaired) electrons. The van der Waals surface area contributed by atoms with Crippen LogP contribution >= 0.6 is 0 Å². The van der Waals surface area contributed by atoms with E-state index in [1.807, 2.05) is 26.0 Å². The minimum atomic E-state index is -3.40. The number of sulfonamides is 1. The molecule has 1 fully saturated rings. The molecule has 0 aromatic heterocycles. The lowest BCUT2D eigenvalue weighted by molar-refractivity contribution is 0.398. The highest BCUT2D eigenvalue weighted by Crippen LogP contribution is 2.16. The van der Waals surface area contributed by atoms with Crippen molar-refractivity contribution in [3.63, 3.8) is 0 Å².